The van der Waals surface area contributed by atoms with E-state index in [0.717, 1.165) is 30.6 Å². The Kier molecular flexibility index (Phi) is 6.18. The summed E-state index contributed by atoms with van der Waals surface area (Å²) in [4.78, 5) is 2.36. The van der Waals surface area contributed by atoms with Crippen molar-refractivity contribution in [1.82, 2.24) is 4.90 Å². The van der Waals surface area contributed by atoms with E-state index in [1.54, 1.807) is 0 Å². The van der Waals surface area contributed by atoms with Gasteiger partial charge in [-0.1, -0.05) is 84.0 Å². The van der Waals surface area contributed by atoms with Crippen molar-refractivity contribution in [3.05, 3.63) is 64.7 Å². The molecule has 2 nitrogen and oxygen atoms in total. The first-order valence-electron chi connectivity index (χ1n) is 9.58. The van der Waals surface area contributed by atoms with Crippen LogP contribution in [0.1, 0.15) is 63.8 Å². The zero-order valence-electron chi connectivity index (χ0n) is 17.6. The highest BCUT2D eigenvalue weighted by Crippen LogP contribution is 2.39. The lowest BCUT2D eigenvalue weighted by atomic mass is 9.78. The molecule has 0 aliphatic heterocycles. The van der Waals surface area contributed by atoms with Gasteiger partial charge in [0.25, 0.3) is 0 Å². The summed E-state index contributed by atoms with van der Waals surface area (Å²) in [6.07, 6.45) is 1.05. The fourth-order valence-corrected chi connectivity index (χ4v) is 3.28. The molecule has 0 amide bonds. The number of nitrogens with zero attached hydrogens (tertiary/aromatic N) is 1. The SMILES string of the molecule is CN(CCc1ccccc1)Cc1cc(C(C)(C)C)c(O)c(C(C)(C)C)c1. The second-order valence-electron chi connectivity index (χ2n) is 9.51. The van der Waals surface area contributed by atoms with Gasteiger partial charge >= 0.3 is 0 Å². The molecule has 1 N–H and O–H groups in total. The van der Waals surface area contributed by atoms with E-state index < -0.39 is 0 Å². The zero-order valence-corrected chi connectivity index (χ0v) is 17.6. The molecule has 2 heteroatoms. The van der Waals surface area contributed by atoms with Gasteiger partial charge in [0.15, 0.2) is 0 Å². The van der Waals surface area contributed by atoms with Crippen LogP contribution in [0.5, 0.6) is 5.75 Å². The van der Waals surface area contributed by atoms with Crippen LogP contribution in [0.4, 0.5) is 0 Å². The van der Waals surface area contributed by atoms with Gasteiger partial charge in [0, 0.05) is 13.1 Å². The van der Waals surface area contributed by atoms with E-state index in [4.69, 9.17) is 0 Å². The van der Waals surface area contributed by atoms with Gasteiger partial charge in [0.05, 0.1) is 0 Å². The van der Waals surface area contributed by atoms with Crippen molar-refractivity contribution in [3.63, 3.8) is 0 Å². The van der Waals surface area contributed by atoms with Gasteiger partial charge in [-0.3, -0.25) is 0 Å². The Morgan fingerprint density at radius 1 is 0.808 bits per heavy atom. The zero-order chi connectivity index (χ0) is 19.5. The quantitative estimate of drug-likeness (QED) is 0.749. The Morgan fingerprint density at radius 3 is 1.77 bits per heavy atom. The maximum Gasteiger partial charge on any atom is 0.123 e. The first-order valence-corrected chi connectivity index (χ1v) is 9.58. The topological polar surface area (TPSA) is 23.5 Å². The van der Waals surface area contributed by atoms with Crippen LogP contribution in [0, 0.1) is 0 Å². The summed E-state index contributed by atoms with van der Waals surface area (Å²) in [5.74, 6) is 0.459. The Morgan fingerprint density at radius 2 is 1.31 bits per heavy atom. The third-order valence-corrected chi connectivity index (χ3v) is 4.86. The fraction of sp³-hybridized carbons (Fsp3) is 0.500. The van der Waals surface area contributed by atoms with Gasteiger partial charge in [-0.15, -0.1) is 0 Å². The molecule has 0 unspecified atom stereocenters. The minimum absolute atomic E-state index is 0.0807. The lowest BCUT2D eigenvalue weighted by molar-refractivity contribution is 0.329. The molecule has 0 heterocycles. The van der Waals surface area contributed by atoms with Crippen molar-refractivity contribution in [3.8, 4) is 5.75 Å². The third kappa shape index (κ3) is 5.35. The molecular formula is C24H35NO. The van der Waals surface area contributed by atoms with Crippen molar-refractivity contribution in [2.24, 2.45) is 0 Å². The normalized spacial score (nSPS) is 12.6. The smallest absolute Gasteiger partial charge is 0.123 e. The first kappa shape index (κ1) is 20.5. The predicted molar refractivity (Wildman–Crippen MR) is 112 cm³/mol. The number of benzene rings is 2. The highest BCUT2D eigenvalue weighted by atomic mass is 16.3. The lowest BCUT2D eigenvalue weighted by Crippen LogP contribution is -2.23. The summed E-state index contributed by atoms with van der Waals surface area (Å²) < 4.78 is 0. The van der Waals surface area contributed by atoms with E-state index in [-0.39, 0.29) is 10.8 Å². The summed E-state index contributed by atoms with van der Waals surface area (Å²) in [7, 11) is 2.17. The summed E-state index contributed by atoms with van der Waals surface area (Å²) >= 11 is 0. The molecule has 0 bridgehead atoms. The fourth-order valence-electron chi connectivity index (χ4n) is 3.28. The van der Waals surface area contributed by atoms with E-state index in [2.05, 4.69) is 96.0 Å². The molecule has 0 aliphatic carbocycles. The van der Waals surface area contributed by atoms with Gasteiger partial charge in [0.1, 0.15) is 5.75 Å². The molecule has 2 aromatic carbocycles. The van der Waals surface area contributed by atoms with Crippen LogP contribution in [-0.2, 0) is 23.8 Å². The average Bonchev–Trinajstić information content (AvgIpc) is 2.53. The van der Waals surface area contributed by atoms with Crippen LogP contribution in [0.15, 0.2) is 42.5 Å². The number of phenols is 1. The van der Waals surface area contributed by atoms with E-state index >= 15 is 0 Å². The van der Waals surface area contributed by atoms with Crippen LogP contribution in [0.2, 0.25) is 0 Å². The molecule has 0 aromatic heterocycles. The third-order valence-electron chi connectivity index (χ3n) is 4.86. The molecule has 0 spiro atoms. The molecule has 2 rings (SSSR count). The Labute approximate surface area is 159 Å². The Hall–Kier alpha value is -1.80. The van der Waals surface area contributed by atoms with E-state index in [1.807, 2.05) is 0 Å². The monoisotopic (exact) mass is 353 g/mol. The maximum atomic E-state index is 10.9. The second kappa shape index (κ2) is 7.84. The molecule has 0 atom stereocenters. The molecule has 0 saturated carbocycles. The Bertz CT molecular complexity index is 685. The number of phenolic OH excluding ortho intramolecular Hbond substituents is 1. The summed E-state index contributed by atoms with van der Waals surface area (Å²) in [5.41, 5.74) is 4.56. The average molecular weight is 354 g/mol. The van der Waals surface area contributed by atoms with E-state index in [9.17, 15) is 5.11 Å². The van der Waals surface area contributed by atoms with E-state index in [1.165, 1.54) is 11.1 Å². The number of hydrogen-bond donors (Lipinski definition) is 1. The number of hydrogen-bond acceptors (Lipinski definition) is 2. The van der Waals surface area contributed by atoms with Gasteiger partial charge in [-0.25, -0.2) is 0 Å². The van der Waals surface area contributed by atoms with Gasteiger partial charge in [-0.2, -0.15) is 0 Å². The summed E-state index contributed by atoms with van der Waals surface area (Å²) in [6.45, 7) is 14.9. The molecule has 2 aromatic rings. The van der Waals surface area contributed by atoms with Crippen LogP contribution >= 0.6 is 0 Å². The van der Waals surface area contributed by atoms with Crippen molar-refractivity contribution < 1.29 is 5.11 Å². The number of aromatic hydroxyl groups is 1. The minimum Gasteiger partial charge on any atom is -0.507 e. The van der Waals surface area contributed by atoms with Gasteiger partial charge in [0.2, 0.25) is 0 Å². The van der Waals surface area contributed by atoms with Gasteiger partial charge < -0.3 is 10.0 Å². The lowest BCUT2D eigenvalue weighted by Gasteiger charge is -2.29. The van der Waals surface area contributed by atoms with Crippen LogP contribution < -0.4 is 0 Å². The highest BCUT2D eigenvalue weighted by molar-refractivity contribution is 5.49. The maximum absolute atomic E-state index is 10.9. The van der Waals surface area contributed by atoms with Crippen molar-refractivity contribution in [2.45, 2.75) is 65.3 Å². The van der Waals surface area contributed by atoms with Crippen molar-refractivity contribution in [2.75, 3.05) is 13.6 Å². The number of rotatable bonds is 5. The molecular weight excluding hydrogens is 318 g/mol. The first-order chi connectivity index (χ1) is 12.0. The minimum atomic E-state index is -0.0807. The summed E-state index contributed by atoms with van der Waals surface area (Å²) in [6, 6.07) is 15.0. The Balaban J connectivity index is 2.22. The molecule has 142 valence electrons. The van der Waals surface area contributed by atoms with E-state index in [0.29, 0.717) is 5.75 Å². The van der Waals surface area contributed by atoms with Crippen LogP contribution in [0.25, 0.3) is 0 Å². The predicted octanol–water partition coefficient (Wildman–Crippen LogP) is 5.66. The molecule has 0 aliphatic rings. The molecule has 0 fully saturated rings. The number of likely N-dealkylation sites (N-methyl/N-ethyl adjacent to an activating group) is 1. The molecule has 0 saturated heterocycles. The molecule has 0 radical (unpaired) electrons. The second-order valence-corrected chi connectivity index (χ2v) is 9.51. The standard InChI is InChI=1S/C24H35NO/c1-23(2,3)20-15-19(16-21(22(20)26)24(4,5)6)17-25(7)14-13-18-11-9-8-10-12-18/h8-12,15-16,26H,13-14,17H2,1-7H3. The van der Waals surface area contributed by atoms with Crippen LogP contribution in [-0.4, -0.2) is 23.6 Å². The van der Waals surface area contributed by atoms with Crippen molar-refractivity contribution in [1.29, 1.82) is 0 Å². The largest absolute Gasteiger partial charge is 0.507 e. The van der Waals surface area contributed by atoms with Gasteiger partial charge in [-0.05, 0) is 46.6 Å². The summed E-state index contributed by atoms with van der Waals surface area (Å²) in [5, 5.41) is 10.9. The van der Waals surface area contributed by atoms with Crippen LogP contribution in [0.3, 0.4) is 0 Å². The highest BCUT2D eigenvalue weighted by Gasteiger charge is 2.26. The van der Waals surface area contributed by atoms with Crippen molar-refractivity contribution >= 4 is 0 Å². The molecule has 26 heavy (non-hydrogen) atoms.